The van der Waals surface area contributed by atoms with E-state index in [1.54, 1.807) is 37.3 Å². The number of fused-ring (bicyclic) bond motifs is 1. The number of methoxy groups -OCH3 is 2. The Morgan fingerprint density at radius 3 is 2.59 bits per heavy atom. The van der Waals surface area contributed by atoms with Crippen LogP contribution in [-0.4, -0.2) is 41.2 Å². The molecule has 0 saturated carbocycles. The van der Waals surface area contributed by atoms with Crippen molar-refractivity contribution < 1.29 is 32.5 Å². The van der Waals surface area contributed by atoms with Gasteiger partial charge in [0.25, 0.3) is 5.91 Å². The summed E-state index contributed by atoms with van der Waals surface area (Å²) in [4.78, 5) is 13.0. The van der Waals surface area contributed by atoms with Crippen LogP contribution in [0.4, 0.5) is 24.7 Å². The van der Waals surface area contributed by atoms with Gasteiger partial charge in [-0.3, -0.25) is 4.79 Å². The third kappa shape index (κ3) is 4.33. The topological polar surface area (TPSA) is 97.6 Å². The van der Waals surface area contributed by atoms with E-state index in [1.807, 2.05) is 0 Å². The number of ether oxygens (including phenoxy) is 2. The molecule has 1 amide bonds. The fourth-order valence-electron chi connectivity index (χ4n) is 3.96. The summed E-state index contributed by atoms with van der Waals surface area (Å²) in [6.45, 7) is 1.78. The fraction of sp³-hybridized carbons (Fsp3) is 0.304. The summed E-state index contributed by atoms with van der Waals surface area (Å²) < 4.78 is 53.2. The zero-order valence-corrected chi connectivity index (χ0v) is 18.6. The van der Waals surface area contributed by atoms with Crippen molar-refractivity contribution in [2.45, 2.75) is 31.6 Å². The number of aromatic nitrogens is 2. The number of hydrogen-bond donors (Lipinski definition) is 3. The summed E-state index contributed by atoms with van der Waals surface area (Å²) in [6, 6.07) is 6.76. The Bertz CT molecular complexity index is 1230. The van der Waals surface area contributed by atoms with E-state index in [9.17, 15) is 23.1 Å². The predicted octanol–water partition coefficient (Wildman–Crippen LogP) is 4.83. The molecule has 0 bridgehead atoms. The van der Waals surface area contributed by atoms with Crippen molar-refractivity contribution in [2.24, 2.45) is 0 Å². The van der Waals surface area contributed by atoms with E-state index in [4.69, 9.17) is 9.47 Å². The number of nitrogens with one attached hydrogen (secondary N) is 2. The minimum Gasteiger partial charge on any atom is -0.506 e. The molecule has 0 saturated heterocycles. The van der Waals surface area contributed by atoms with Crippen molar-refractivity contribution in [3.05, 3.63) is 59.3 Å². The fourth-order valence-corrected chi connectivity index (χ4v) is 3.96. The Hall–Kier alpha value is -3.89. The molecular weight excluding hydrogens is 453 g/mol. The highest BCUT2D eigenvalue weighted by Crippen LogP contribution is 2.45. The number of hydrogen-bond acceptors (Lipinski definition) is 6. The van der Waals surface area contributed by atoms with Gasteiger partial charge in [0.15, 0.2) is 17.5 Å². The summed E-state index contributed by atoms with van der Waals surface area (Å²) in [5.74, 6) is -0.124. The number of halogens is 3. The van der Waals surface area contributed by atoms with E-state index in [-0.39, 0.29) is 29.2 Å². The van der Waals surface area contributed by atoms with Crippen LogP contribution in [0, 0.1) is 6.92 Å². The predicted molar refractivity (Wildman–Crippen MR) is 119 cm³/mol. The van der Waals surface area contributed by atoms with Crippen LogP contribution in [0.2, 0.25) is 0 Å². The van der Waals surface area contributed by atoms with Crippen LogP contribution in [0.5, 0.6) is 17.2 Å². The largest absolute Gasteiger partial charge is 0.506 e. The maximum absolute atomic E-state index is 14.0. The van der Waals surface area contributed by atoms with Crippen LogP contribution in [0.25, 0.3) is 0 Å². The lowest BCUT2D eigenvalue weighted by molar-refractivity contribution is -0.173. The highest BCUT2D eigenvalue weighted by Gasteiger charge is 2.47. The average molecular weight is 476 g/mol. The van der Waals surface area contributed by atoms with Gasteiger partial charge in [0.1, 0.15) is 17.1 Å². The first-order valence-electron chi connectivity index (χ1n) is 10.4. The van der Waals surface area contributed by atoms with Crippen molar-refractivity contribution >= 4 is 17.4 Å². The highest BCUT2D eigenvalue weighted by atomic mass is 19.4. The number of nitrogens with zero attached hydrogens (tertiary/aromatic N) is 2. The van der Waals surface area contributed by atoms with Crippen molar-refractivity contribution in [3.8, 4) is 17.2 Å². The van der Waals surface area contributed by atoms with Crippen molar-refractivity contribution in [2.75, 3.05) is 24.9 Å². The summed E-state index contributed by atoms with van der Waals surface area (Å²) >= 11 is 0. The van der Waals surface area contributed by atoms with Crippen molar-refractivity contribution in [1.29, 1.82) is 0 Å². The number of aryl methyl sites for hydroxylation is 1. The molecule has 2 aromatic carbocycles. The number of amides is 1. The molecule has 34 heavy (non-hydrogen) atoms. The van der Waals surface area contributed by atoms with Gasteiger partial charge in [0, 0.05) is 6.42 Å². The zero-order valence-electron chi connectivity index (χ0n) is 18.6. The summed E-state index contributed by atoms with van der Waals surface area (Å²) in [5.41, 5.74) is 1.38. The van der Waals surface area contributed by atoms with Crippen LogP contribution < -0.4 is 20.1 Å². The first-order chi connectivity index (χ1) is 16.1. The molecule has 0 radical (unpaired) electrons. The minimum atomic E-state index is -4.60. The number of phenolic OH excluding ortho intramolecular Hbond substituents is 1. The van der Waals surface area contributed by atoms with Gasteiger partial charge in [-0.1, -0.05) is 12.1 Å². The van der Waals surface area contributed by atoms with Crippen LogP contribution in [0.15, 0.2) is 42.6 Å². The van der Waals surface area contributed by atoms with Gasteiger partial charge < -0.3 is 25.2 Å². The zero-order chi connectivity index (χ0) is 24.6. The van der Waals surface area contributed by atoms with E-state index in [1.165, 1.54) is 20.3 Å². The molecular formula is C23H23F3N4O4. The highest BCUT2D eigenvalue weighted by molar-refractivity contribution is 6.08. The van der Waals surface area contributed by atoms with Gasteiger partial charge in [-0.2, -0.15) is 18.3 Å². The first-order valence-corrected chi connectivity index (χ1v) is 10.4. The second kappa shape index (κ2) is 8.81. The molecule has 8 nitrogen and oxygen atoms in total. The summed E-state index contributed by atoms with van der Waals surface area (Å²) in [7, 11) is 2.90. The molecule has 1 aromatic heterocycles. The van der Waals surface area contributed by atoms with Gasteiger partial charge >= 0.3 is 6.18 Å². The molecule has 4 rings (SSSR count). The monoisotopic (exact) mass is 476 g/mol. The Labute approximate surface area is 193 Å². The number of rotatable bonds is 5. The standard InChI is InChI=1S/C23H23F3N4O4/c1-12-4-6-17(31)16(8-12)29-22(32)14-11-27-30-20(23(24,25)26)10-15(28-21(14)30)13-5-7-18(33-2)19(9-13)34-3/h4-9,11,15,20,28,31H,10H2,1-3H3,(H,29,32). The number of carbonyl (C=O) groups excluding carboxylic acids is 1. The Morgan fingerprint density at radius 2 is 1.91 bits per heavy atom. The van der Waals surface area contributed by atoms with E-state index >= 15 is 0 Å². The number of benzene rings is 2. The molecule has 0 spiro atoms. The Balaban J connectivity index is 1.71. The lowest BCUT2D eigenvalue weighted by Crippen LogP contribution is -2.36. The molecule has 3 aromatic rings. The lowest BCUT2D eigenvalue weighted by atomic mass is 9.96. The second-order valence-corrected chi connectivity index (χ2v) is 7.93. The molecule has 11 heteroatoms. The molecule has 1 aliphatic rings. The van der Waals surface area contributed by atoms with Crippen LogP contribution in [0.3, 0.4) is 0 Å². The lowest BCUT2D eigenvalue weighted by Gasteiger charge is -2.34. The average Bonchev–Trinajstić information content (AvgIpc) is 3.23. The van der Waals surface area contributed by atoms with Crippen LogP contribution in [-0.2, 0) is 0 Å². The Morgan fingerprint density at radius 1 is 1.18 bits per heavy atom. The number of anilines is 2. The third-order valence-corrected chi connectivity index (χ3v) is 5.69. The minimum absolute atomic E-state index is 0.0713. The molecule has 2 heterocycles. The number of alkyl halides is 3. The maximum atomic E-state index is 14.0. The molecule has 2 atom stereocenters. The normalized spacial score (nSPS) is 17.5. The number of carbonyl (C=O) groups is 1. The molecule has 1 aliphatic heterocycles. The van der Waals surface area contributed by atoms with Crippen LogP contribution in [0.1, 0.15) is 40.0 Å². The molecule has 180 valence electrons. The van der Waals surface area contributed by atoms with Gasteiger partial charge in [-0.05, 0) is 42.3 Å². The van der Waals surface area contributed by atoms with Gasteiger partial charge in [0.2, 0.25) is 0 Å². The third-order valence-electron chi connectivity index (χ3n) is 5.69. The first kappa shape index (κ1) is 23.3. The molecule has 2 unspecified atom stereocenters. The number of phenols is 1. The van der Waals surface area contributed by atoms with E-state index < -0.39 is 24.2 Å². The maximum Gasteiger partial charge on any atom is 0.410 e. The summed E-state index contributed by atoms with van der Waals surface area (Å²) in [6.07, 6.45) is -3.85. The quantitative estimate of drug-likeness (QED) is 0.457. The summed E-state index contributed by atoms with van der Waals surface area (Å²) in [5, 5.41) is 19.5. The van der Waals surface area contributed by atoms with Gasteiger partial charge in [-0.15, -0.1) is 0 Å². The van der Waals surface area contributed by atoms with Gasteiger partial charge in [-0.25, -0.2) is 4.68 Å². The molecule has 3 N–H and O–H groups in total. The van der Waals surface area contributed by atoms with E-state index in [0.29, 0.717) is 17.1 Å². The van der Waals surface area contributed by atoms with E-state index in [0.717, 1.165) is 16.4 Å². The molecule has 0 fully saturated rings. The SMILES string of the molecule is COc1ccc(C2CC(C(F)(F)F)n3ncc(C(=O)Nc4cc(C)ccc4O)c3N2)cc1OC. The van der Waals surface area contributed by atoms with Crippen molar-refractivity contribution in [1.82, 2.24) is 9.78 Å². The Kier molecular flexibility index (Phi) is 6.03. The van der Waals surface area contributed by atoms with Gasteiger partial charge in [0.05, 0.1) is 32.1 Å². The van der Waals surface area contributed by atoms with E-state index in [2.05, 4.69) is 15.7 Å². The molecule has 0 aliphatic carbocycles. The van der Waals surface area contributed by atoms with Crippen LogP contribution >= 0.6 is 0 Å². The van der Waals surface area contributed by atoms with Crippen molar-refractivity contribution in [3.63, 3.8) is 0 Å². The second-order valence-electron chi connectivity index (χ2n) is 7.93. The number of aromatic hydroxyl groups is 1. The smallest absolute Gasteiger partial charge is 0.410 e.